The minimum Gasteiger partial charge on any atom is -0.258 e. The first-order valence-electron chi connectivity index (χ1n) is 28.0. The third-order valence-electron chi connectivity index (χ3n) is 18.7. The second-order valence-electron chi connectivity index (χ2n) is 30.5. The van der Waals surface area contributed by atoms with Gasteiger partial charge in [0.25, 0.3) is 0 Å². The van der Waals surface area contributed by atoms with E-state index < -0.39 is 68.7 Å². The third kappa shape index (κ3) is 8.26. The van der Waals surface area contributed by atoms with Gasteiger partial charge in [-0.1, -0.05) is 300 Å². The summed E-state index contributed by atoms with van der Waals surface area (Å²) in [6.45, 7) is 78.2. The van der Waals surface area contributed by atoms with E-state index in [2.05, 4.69) is 186 Å². The minimum absolute atomic E-state index is 0. The van der Waals surface area contributed by atoms with Gasteiger partial charge in [0.1, 0.15) is 0 Å². The maximum atomic E-state index is 3.23. The fourth-order valence-corrected chi connectivity index (χ4v) is 1030. The molecule has 366 valence electrons. The van der Waals surface area contributed by atoms with Crippen LogP contribution in [0.15, 0.2) is 0 Å². The first kappa shape index (κ1) is 61.3. The van der Waals surface area contributed by atoms with Gasteiger partial charge in [-0.2, -0.15) is 0 Å². The topological polar surface area (TPSA) is 0 Å². The summed E-state index contributed by atoms with van der Waals surface area (Å²) in [4.78, 5) is 0. The quantitative estimate of drug-likeness (QED) is 0.0758. The maximum absolute atomic E-state index is 3.23. The molecular formula is C51H117KSi11. The Morgan fingerprint density at radius 3 is 0.556 bits per heavy atom. The van der Waals surface area contributed by atoms with Crippen molar-refractivity contribution < 1.29 is 51.4 Å². The van der Waals surface area contributed by atoms with Gasteiger partial charge in [-0.05, 0) is 35.5 Å². The maximum Gasteiger partial charge on any atom is 1.00 e. The zero-order valence-electron chi connectivity index (χ0n) is 48.9. The van der Waals surface area contributed by atoms with Crippen molar-refractivity contribution in [2.24, 2.45) is 71.0 Å². The largest absolute Gasteiger partial charge is 1.00 e. The van der Waals surface area contributed by atoms with Crippen LogP contribution in [0.3, 0.4) is 0 Å². The van der Waals surface area contributed by atoms with Crippen molar-refractivity contribution in [1.29, 1.82) is 0 Å². The Hall–Kier alpha value is 4.02. The van der Waals surface area contributed by atoms with Gasteiger partial charge in [-0.3, -0.25) is 7.35 Å². The van der Waals surface area contributed by atoms with E-state index in [-0.39, 0.29) is 58.7 Å². The predicted octanol–water partition coefficient (Wildman–Crippen LogP) is 13.9. The summed E-state index contributed by atoms with van der Waals surface area (Å²) >= 11 is 0. The third-order valence-corrected chi connectivity index (χ3v) is 442. The van der Waals surface area contributed by atoms with E-state index in [1.54, 1.807) is 0 Å². The summed E-state index contributed by atoms with van der Waals surface area (Å²) in [6, 6.07) is 22.7. The van der Waals surface area contributed by atoms with Crippen LogP contribution in [0, 0.1) is 71.0 Å². The fourth-order valence-electron chi connectivity index (χ4n) is 23.1. The van der Waals surface area contributed by atoms with Crippen LogP contribution in [0.2, 0.25) is 92.2 Å². The zero-order chi connectivity index (χ0) is 48.0. The smallest absolute Gasteiger partial charge is 0.258 e. The SMILES string of the molecule is CC(C)C[Si]1(CC(C)C)[Si-]2[Si](CC(C)C)(CC(C)C)[Si]1([Si]13[Si](CC(C)C)(CC(C)C)[Si]([Si](C)(C)C)([Si]1(CC(C)C)CC(C)C)[Si]3(CC(C)C)CC(C)C)[Si]2(CC(C)C)CC(C)C.[K+]. The van der Waals surface area contributed by atoms with Crippen molar-refractivity contribution in [3.05, 3.63) is 0 Å². The second-order valence-corrected chi connectivity index (χ2v) is 169. The molecule has 0 atom stereocenters. The van der Waals surface area contributed by atoms with Crippen LogP contribution in [0.25, 0.3) is 0 Å². The monoisotopic (exact) mass is 1080 g/mol. The van der Waals surface area contributed by atoms with Gasteiger partial charge in [0.05, 0.1) is 0 Å². The van der Waals surface area contributed by atoms with Crippen molar-refractivity contribution in [2.45, 2.75) is 258 Å². The van der Waals surface area contributed by atoms with Gasteiger partial charge < -0.3 is 0 Å². The summed E-state index contributed by atoms with van der Waals surface area (Å²) in [6.07, 6.45) is -5.11. The Balaban J connectivity index is 0.0000106. The Morgan fingerprint density at radius 2 is 0.429 bits per heavy atom. The molecule has 0 N–H and O–H groups in total. The van der Waals surface area contributed by atoms with Gasteiger partial charge in [-0.15, -0.1) is 21.3 Å². The van der Waals surface area contributed by atoms with Crippen LogP contribution in [-0.4, -0.2) is 76.0 Å². The zero-order valence-corrected chi connectivity index (χ0v) is 63.0. The normalized spacial score (nSPS) is 27.1. The van der Waals surface area contributed by atoms with E-state index in [1.165, 1.54) is 0 Å². The van der Waals surface area contributed by atoms with Crippen LogP contribution in [0.4, 0.5) is 0 Å². The van der Waals surface area contributed by atoms with E-state index in [0.717, 1.165) is 71.0 Å². The molecule has 63 heavy (non-hydrogen) atoms. The minimum atomic E-state index is -1.77. The molecule has 0 aromatic carbocycles. The average molecular weight is 1080 g/mol. The number of rotatable bonds is 26. The summed E-state index contributed by atoms with van der Waals surface area (Å²) in [5, 5.41) is 0. The van der Waals surface area contributed by atoms with E-state index in [1.807, 2.05) is 72.5 Å². The molecule has 4 bridgehead atoms. The molecule has 0 saturated carbocycles. The molecule has 0 amide bonds. The molecule has 6 heterocycles. The van der Waals surface area contributed by atoms with Crippen LogP contribution in [-0.2, 0) is 0 Å². The standard InChI is InChI=1S/C51H117Si11.K/c1-40(2)28-54(29-41(3)4)52-55(30-42(5)6,31-43(7)8)61(54,56(52,32-44(9)10)33-45(11)12)62-57(34-46(13)14,35-47(15)16)60(53(25,26)27,58(62,36-48(17)18)37-49(19)20)59(62,38-50(21)22)39-51(23)24;/h40-51H,28-39H2,1-27H3;/q-1;+1. The van der Waals surface area contributed by atoms with Crippen molar-refractivity contribution in [1.82, 2.24) is 0 Å². The molecular weight excluding hydrogens is 961 g/mol. The molecule has 0 unspecified atom stereocenters. The Kier molecular flexibility index (Phi) is 20.5. The van der Waals surface area contributed by atoms with Crippen molar-refractivity contribution in [3.8, 4) is 0 Å². The van der Waals surface area contributed by atoms with Gasteiger partial charge in [0.15, 0.2) is 0 Å². The Morgan fingerprint density at radius 1 is 0.270 bits per heavy atom. The van der Waals surface area contributed by atoms with E-state index >= 15 is 0 Å². The van der Waals surface area contributed by atoms with Crippen molar-refractivity contribution in [3.63, 3.8) is 0 Å². The van der Waals surface area contributed by atoms with Crippen LogP contribution in [0.1, 0.15) is 166 Å². The first-order chi connectivity index (χ1) is 28.1. The van der Waals surface area contributed by atoms with E-state index in [9.17, 15) is 0 Å². The molecule has 0 aromatic rings. The van der Waals surface area contributed by atoms with Crippen LogP contribution in [0.5, 0.6) is 0 Å². The molecule has 6 fully saturated rings. The molecule has 0 nitrogen and oxygen atoms in total. The fraction of sp³-hybridized carbons (Fsp3) is 1.00. The molecule has 6 aliphatic rings. The summed E-state index contributed by atoms with van der Waals surface area (Å²) < 4.78 is 0. The van der Waals surface area contributed by atoms with E-state index in [4.69, 9.17) is 0 Å². The average Bonchev–Trinajstić information content (AvgIpc) is 2.99. The number of hydrogen-bond acceptors (Lipinski definition) is 0. The molecule has 6 rings (SSSR count). The Bertz CT molecular complexity index is 1290. The van der Waals surface area contributed by atoms with Gasteiger partial charge in [0, 0.05) is 41.2 Å². The van der Waals surface area contributed by atoms with Gasteiger partial charge >= 0.3 is 51.4 Å². The first-order valence-corrected chi connectivity index (χ1v) is 67.5. The second kappa shape index (κ2) is 21.1. The molecule has 0 aliphatic carbocycles. The van der Waals surface area contributed by atoms with Crippen LogP contribution >= 0.6 is 0 Å². The molecule has 12 heteroatoms. The molecule has 0 aromatic heterocycles. The van der Waals surface area contributed by atoms with Crippen molar-refractivity contribution in [2.75, 3.05) is 0 Å². The van der Waals surface area contributed by atoms with Crippen LogP contribution < -0.4 is 51.4 Å². The number of hydrogen-bond donors (Lipinski definition) is 0. The van der Waals surface area contributed by atoms with E-state index in [0.29, 0.717) is 0 Å². The molecule has 6 saturated heterocycles. The van der Waals surface area contributed by atoms with Gasteiger partial charge in [-0.25, -0.2) is 0 Å². The Labute approximate surface area is 451 Å². The molecule has 6 aliphatic heterocycles. The molecule has 0 spiro atoms. The summed E-state index contributed by atoms with van der Waals surface area (Å²) in [7, 11) is -11.3. The van der Waals surface area contributed by atoms with Gasteiger partial charge in [0.2, 0.25) is 0 Å². The molecule has 0 radical (unpaired) electrons. The van der Waals surface area contributed by atoms with Crippen molar-refractivity contribution >= 4 is 76.0 Å². The summed E-state index contributed by atoms with van der Waals surface area (Å²) in [5.41, 5.74) is 0. The predicted molar refractivity (Wildman–Crippen MR) is 317 cm³/mol. The summed E-state index contributed by atoms with van der Waals surface area (Å²) in [5.74, 6) is 11.4.